The minimum absolute atomic E-state index is 0.00971. The van der Waals surface area contributed by atoms with E-state index in [1.807, 2.05) is 0 Å². The number of hydrogen-bond donors (Lipinski definition) is 1. The van der Waals surface area contributed by atoms with E-state index in [0.29, 0.717) is 29.0 Å². The maximum atomic E-state index is 13.9. The summed E-state index contributed by atoms with van der Waals surface area (Å²) in [4.78, 5) is 0. The third-order valence-electron chi connectivity index (χ3n) is 3.91. The summed E-state index contributed by atoms with van der Waals surface area (Å²) in [5, 5.41) is 4.06. The average Bonchev–Trinajstić information content (AvgIpc) is 2.31. The van der Waals surface area contributed by atoms with E-state index in [1.165, 1.54) is 6.07 Å². The van der Waals surface area contributed by atoms with Crippen LogP contribution in [0.5, 0.6) is 0 Å². The second kappa shape index (κ2) is 6.71. The highest BCUT2D eigenvalue weighted by atomic mass is 35.5. The monoisotopic (exact) mass is 285 g/mol. The predicted octanol–water partition coefficient (Wildman–Crippen LogP) is 4.68. The molecule has 19 heavy (non-hydrogen) atoms. The molecule has 1 aromatic rings. The zero-order chi connectivity index (χ0) is 14.6. The standard InChI is InChI=1S/C16H25ClFN/c1-11(2)16(5,10-19-12(3)4)9-13-8-14(17)6-7-15(13)18/h6-8,11-12,19H,9-10H2,1-5H3. The fourth-order valence-corrected chi connectivity index (χ4v) is 2.22. The van der Waals surface area contributed by atoms with Crippen LogP contribution in [0.15, 0.2) is 18.2 Å². The van der Waals surface area contributed by atoms with Crippen LogP contribution in [-0.2, 0) is 6.42 Å². The van der Waals surface area contributed by atoms with Gasteiger partial charge in [-0.05, 0) is 41.5 Å². The first-order valence-electron chi connectivity index (χ1n) is 6.92. The molecule has 0 aromatic heterocycles. The third kappa shape index (κ3) is 4.77. The molecule has 0 bridgehead atoms. The second-order valence-electron chi connectivity index (χ2n) is 6.26. The summed E-state index contributed by atoms with van der Waals surface area (Å²) in [6, 6.07) is 5.22. The van der Waals surface area contributed by atoms with Crippen molar-refractivity contribution in [2.75, 3.05) is 6.54 Å². The molecule has 0 amide bonds. The first-order valence-corrected chi connectivity index (χ1v) is 7.29. The number of halogens is 2. The molecule has 0 saturated heterocycles. The van der Waals surface area contributed by atoms with Crippen molar-refractivity contribution in [1.29, 1.82) is 0 Å². The van der Waals surface area contributed by atoms with Gasteiger partial charge in [-0.25, -0.2) is 4.39 Å². The molecular weight excluding hydrogens is 261 g/mol. The lowest BCUT2D eigenvalue weighted by molar-refractivity contribution is 0.200. The SMILES string of the molecule is CC(C)NCC(C)(Cc1cc(Cl)ccc1F)C(C)C. The zero-order valence-corrected chi connectivity index (χ0v) is 13.3. The van der Waals surface area contributed by atoms with Crippen molar-refractivity contribution in [3.63, 3.8) is 0 Å². The highest BCUT2D eigenvalue weighted by molar-refractivity contribution is 6.30. The van der Waals surface area contributed by atoms with Crippen molar-refractivity contribution in [2.24, 2.45) is 11.3 Å². The first kappa shape index (κ1) is 16.5. The highest BCUT2D eigenvalue weighted by Crippen LogP contribution is 2.32. The Balaban J connectivity index is 2.91. The van der Waals surface area contributed by atoms with Gasteiger partial charge in [0, 0.05) is 17.6 Å². The van der Waals surface area contributed by atoms with Gasteiger partial charge in [0.15, 0.2) is 0 Å². The Kier molecular flexibility index (Phi) is 5.82. The summed E-state index contributed by atoms with van der Waals surface area (Å²) in [6.07, 6.45) is 0.691. The Morgan fingerprint density at radius 3 is 2.42 bits per heavy atom. The van der Waals surface area contributed by atoms with Gasteiger partial charge < -0.3 is 5.32 Å². The van der Waals surface area contributed by atoms with E-state index in [-0.39, 0.29) is 11.2 Å². The summed E-state index contributed by atoms with van der Waals surface area (Å²) in [5.74, 6) is 0.290. The predicted molar refractivity (Wildman–Crippen MR) is 81.2 cm³/mol. The van der Waals surface area contributed by atoms with Crippen LogP contribution < -0.4 is 5.32 Å². The van der Waals surface area contributed by atoms with Crippen LogP contribution in [0.4, 0.5) is 4.39 Å². The first-order chi connectivity index (χ1) is 8.74. The quantitative estimate of drug-likeness (QED) is 0.800. The maximum Gasteiger partial charge on any atom is 0.126 e. The van der Waals surface area contributed by atoms with E-state index in [4.69, 9.17) is 11.6 Å². The van der Waals surface area contributed by atoms with Crippen LogP contribution in [0, 0.1) is 17.2 Å². The fourth-order valence-electron chi connectivity index (χ4n) is 2.02. The lowest BCUT2D eigenvalue weighted by atomic mass is 9.74. The molecule has 0 heterocycles. The number of hydrogen-bond acceptors (Lipinski definition) is 1. The second-order valence-corrected chi connectivity index (χ2v) is 6.69. The summed E-state index contributed by atoms with van der Waals surface area (Å²) < 4.78 is 13.9. The van der Waals surface area contributed by atoms with Gasteiger partial charge in [0.2, 0.25) is 0 Å². The number of benzene rings is 1. The Morgan fingerprint density at radius 2 is 1.89 bits per heavy atom. The Bertz CT molecular complexity index is 417. The van der Waals surface area contributed by atoms with Crippen LogP contribution in [-0.4, -0.2) is 12.6 Å². The minimum atomic E-state index is -0.166. The molecular formula is C16H25ClFN. The average molecular weight is 286 g/mol. The zero-order valence-electron chi connectivity index (χ0n) is 12.6. The smallest absolute Gasteiger partial charge is 0.126 e. The number of rotatable bonds is 6. The summed E-state index contributed by atoms with van der Waals surface area (Å²) in [7, 11) is 0. The van der Waals surface area contributed by atoms with Gasteiger partial charge in [0.25, 0.3) is 0 Å². The molecule has 1 atom stereocenters. The summed E-state index contributed by atoms with van der Waals surface area (Å²) >= 11 is 5.97. The molecule has 3 heteroatoms. The highest BCUT2D eigenvalue weighted by Gasteiger charge is 2.29. The Labute approximate surface area is 121 Å². The fraction of sp³-hybridized carbons (Fsp3) is 0.625. The van der Waals surface area contributed by atoms with Gasteiger partial charge in [0.1, 0.15) is 5.82 Å². The molecule has 0 radical (unpaired) electrons. The maximum absolute atomic E-state index is 13.9. The molecule has 1 nitrogen and oxygen atoms in total. The molecule has 1 rings (SSSR count). The van der Waals surface area contributed by atoms with Crippen LogP contribution in [0.2, 0.25) is 5.02 Å². The largest absolute Gasteiger partial charge is 0.314 e. The molecule has 0 saturated carbocycles. The molecule has 0 aliphatic rings. The molecule has 0 aliphatic carbocycles. The van der Waals surface area contributed by atoms with Crippen LogP contribution in [0.1, 0.15) is 40.2 Å². The molecule has 1 unspecified atom stereocenters. The van der Waals surface area contributed by atoms with Gasteiger partial charge in [0.05, 0.1) is 0 Å². The molecule has 0 spiro atoms. The molecule has 1 N–H and O–H groups in total. The molecule has 0 fully saturated rings. The van der Waals surface area contributed by atoms with Gasteiger partial charge in [-0.1, -0.05) is 46.2 Å². The van der Waals surface area contributed by atoms with E-state index >= 15 is 0 Å². The van der Waals surface area contributed by atoms with Crippen LogP contribution in [0.3, 0.4) is 0 Å². The molecule has 1 aromatic carbocycles. The van der Waals surface area contributed by atoms with Crippen LogP contribution in [0.25, 0.3) is 0 Å². The van der Waals surface area contributed by atoms with Crippen molar-refractivity contribution in [3.8, 4) is 0 Å². The molecule has 0 aliphatic heterocycles. The Hall–Kier alpha value is -0.600. The normalized spacial score (nSPS) is 15.0. The van der Waals surface area contributed by atoms with Crippen molar-refractivity contribution >= 4 is 11.6 Å². The van der Waals surface area contributed by atoms with Crippen molar-refractivity contribution in [1.82, 2.24) is 5.32 Å². The number of nitrogens with one attached hydrogen (secondary N) is 1. The lowest BCUT2D eigenvalue weighted by Gasteiger charge is -2.35. The summed E-state index contributed by atoms with van der Waals surface area (Å²) in [6.45, 7) is 11.7. The lowest BCUT2D eigenvalue weighted by Crippen LogP contribution is -2.40. The van der Waals surface area contributed by atoms with Crippen molar-refractivity contribution in [2.45, 2.75) is 47.1 Å². The van der Waals surface area contributed by atoms with E-state index in [0.717, 1.165) is 6.54 Å². The van der Waals surface area contributed by atoms with Crippen LogP contribution >= 0.6 is 11.6 Å². The van der Waals surface area contributed by atoms with Crippen molar-refractivity contribution in [3.05, 3.63) is 34.6 Å². The molecule has 108 valence electrons. The van der Waals surface area contributed by atoms with Gasteiger partial charge in [-0.2, -0.15) is 0 Å². The van der Waals surface area contributed by atoms with Crippen molar-refractivity contribution < 1.29 is 4.39 Å². The van der Waals surface area contributed by atoms with Gasteiger partial charge >= 0.3 is 0 Å². The summed E-state index contributed by atoms with van der Waals surface area (Å²) in [5.41, 5.74) is 0.713. The van der Waals surface area contributed by atoms with E-state index < -0.39 is 0 Å². The third-order valence-corrected chi connectivity index (χ3v) is 4.15. The van der Waals surface area contributed by atoms with E-state index in [1.54, 1.807) is 12.1 Å². The minimum Gasteiger partial charge on any atom is -0.314 e. The van der Waals surface area contributed by atoms with E-state index in [9.17, 15) is 4.39 Å². The van der Waals surface area contributed by atoms with E-state index in [2.05, 4.69) is 39.9 Å². The van der Waals surface area contributed by atoms with Gasteiger partial charge in [-0.3, -0.25) is 0 Å². The van der Waals surface area contributed by atoms with Gasteiger partial charge in [-0.15, -0.1) is 0 Å². The topological polar surface area (TPSA) is 12.0 Å². The Morgan fingerprint density at radius 1 is 1.26 bits per heavy atom.